The Morgan fingerprint density at radius 2 is 2.09 bits per heavy atom. The highest BCUT2D eigenvalue weighted by atomic mass is 16.5. The zero-order valence-electron chi connectivity index (χ0n) is 20.0. The molecular formula is C26H34N2O7. The third-order valence-corrected chi connectivity index (χ3v) is 9.29. The first kappa shape index (κ1) is 22.9. The number of carboxylic acid groups (broad SMARTS) is 2. The normalized spacial score (nSPS) is 33.5. The average Bonchev–Trinajstić information content (AvgIpc) is 3.57. The molecule has 2 aliphatic heterocycles. The van der Waals surface area contributed by atoms with E-state index in [1.807, 2.05) is 0 Å². The van der Waals surface area contributed by atoms with Crippen molar-refractivity contribution in [3.8, 4) is 17.2 Å². The largest absolute Gasteiger partial charge is 0.504 e. The first-order valence-electron chi connectivity index (χ1n) is 12.9. The molecule has 2 bridgehead atoms. The Labute approximate surface area is 204 Å². The van der Waals surface area contributed by atoms with Crippen molar-refractivity contribution in [2.24, 2.45) is 11.8 Å². The van der Waals surface area contributed by atoms with Gasteiger partial charge < -0.3 is 24.8 Å². The molecule has 3 aliphatic carbocycles. The van der Waals surface area contributed by atoms with Crippen LogP contribution in [0.2, 0.25) is 0 Å². The lowest BCUT2D eigenvalue weighted by molar-refractivity contribution is -0.141. The second kappa shape index (κ2) is 8.27. The molecule has 2 saturated carbocycles. The van der Waals surface area contributed by atoms with Gasteiger partial charge in [0.25, 0.3) is 0 Å². The standard InChI is InChI=1S/C26H34N2O7/c1-34-20-11-19(29)23-22-14(20)10-18-15-4-5-16(27-17(25(32)33)6-7-21(30)31)24(35-23)26(15,22)8-9-28(18)12-13-2-3-13/h11,13,15-18,24,27,29H,2-10,12H2,1H3,(H,30,31)(H,32,33)/t15-,16-,17-,18+,24-,26-/m0/s1. The van der Waals surface area contributed by atoms with Crippen molar-refractivity contribution in [3.63, 3.8) is 0 Å². The summed E-state index contributed by atoms with van der Waals surface area (Å²) in [5.74, 6) is 0.388. The number of methoxy groups -OCH3 is 1. The number of phenolic OH excluding ortho intramolecular Hbond substituents is 1. The summed E-state index contributed by atoms with van der Waals surface area (Å²) in [6.45, 7) is 2.09. The lowest BCUT2D eigenvalue weighted by Gasteiger charge is -2.60. The van der Waals surface area contributed by atoms with E-state index in [9.17, 15) is 19.8 Å². The van der Waals surface area contributed by atoms with Gasteiger partial charge in [-0.25, -0.2) is 0 Å². The van der Waals surface area contributed by atoms with E-state index < -0.39 is 18.0 Å². The van der Waals surface area contributed by atoms with Gasteiger partial charge in [-0.05, 0) is 63.3 Å². The predicted octanol–water partition coefficient (Wildman–Crippen LogP) is 2.13. The number of ether oxygens (including phenoxy) is 2. The number of nitrogens with zero attached hydrogens (tertiary/aromatic N) is 1. The highest BCUT2D eigenvalue weighted by Gasteiger charge is 2.66. The molecule has 1 spiro atoms. The van der Waals surface area contributed by atoms with Crippen LogP contribution in [0.5, 0.6) is 17.2 Å². The van der Waals surface area contributed by atoms with Crippen LogP contribution in [0.3, 0.4) is 0 Å². The van der Waals surface area contributed by atoms with Gasteiger partial charge in [0.1, 0.15) is 17.9 Å². The number of hydrogen-bond donors (Lipinski definition) is 4. The second-order valence-electron chi connectivity index (χ2n) is 11.1. The molecule has 0 amide bonds. The average molecular weight is 487 g/mol. The number of hydrogen-bond acceptors (Lipinski definition) is 7. The lowest BCUT2D eigenvalue weighted by atomic mass is 9.51. The van der Waals surface area contributed by atoms with E-state index in [4.69, 9.17) is 14.6 Å². The van der Waals surface area contributed by atoms with Crippen LogP contribution >= 0.6 is 0 Å². The molecule has 3 fully saturated rings. The quantitative estimate of drug-likeness (QED) is 0.415. The zero-order valence-corrected chi connectivity index (χ0v) is 20.0. The van der Waals surface area contributed by atoms with Crippen LogP contribution in [0.4, 0.5) is 0 Å². The molecule has 4 N–H and O–H groups in total. The monoisotopic (exact) mass is 486 g/mol. The number of aliphatic carboxylic acids is 2. The minimum atomic E-state index is -1.05. The van der Waals surface area contributed by atoms with E-state index in [0.717, 1.165) is 55.8 Å². The van der Waals surface area contributed by atoms with Crippen molar-refractivity contribution in [2.45, 2.75) is 81.0 Å². The highest BCUT2D eigenvalue weighted by Crippen LogP contribution is 2.65. The summed E-state index contributed by atoms with van der Waals surface area (Å²) in [4.78, 5) is 25.7. The molecule has 1 saturated heterocycles. The first-order valence-corrected chi connectivity index (χ1v) is 12.9. The number of nitrogens with one attached hydrogen (secondary N) is 1. The molecule has 0 radical (unpaired) electrons. The summed E-state index contributed by atoms with van der Waals surface area (Å²) in [7, 11) is 1.64. The number of carbonyl (C=O) groups is 2. The third-order valence-electron chi connectivity index (χ3n) is 9.29. The molecule has 9 nitrogen and oxygen atoms in total. The summed E-state index contributed by atoms with van der Waals surface area (Å²) >= 11 is 0. The van der Waals surface area contributed by atoms with E-state index in [-0.39, 0.29) is 36.2 Å². The van der Waals surface area contributed by atoms with Crippen LogP contribution in [-0.2, 0) is 21.4 Å². The Hall–Kier alpha value is -2.52. The fraction of sp³-hybridized carbons (Fsp3) is 0.692. The van der Waals surface area contributed by atoms with Crippen LogP contribution in [0.15, 0.2) is 6.07 Å². The van der Waals surface area contributed by atoms with Crippen molar-refractivity contribution in [2.75, 3.05) is 20.2 Å². The molecule has 35 heavy (non-hydrogen) atoms. The first-order chi connectivity index (χ1) is 16.8. The van der Waals surface area contributed by atoms with E-state index in [1.54, 1.807) is 13.2 Å². The minimum absolute atomic E-state index is 0.0133. The fourth-order valence-electron chi connectivity index (χ4n) is 7.69. The molecule has 6 rings (SSSR count). The smallest absolute Gasteiger partial charge is 0.320 e. The van der Waals surface area contributed by atoms with E-state index in [1.165, 1.54) is 12.8 Å². The molecule has 0 unspecified atom stereocenters. The fourth-order valence-corrected chi connectivity index (χ4v) is 7.69. The van der Waals surface area contributed by atoms with Crippen molar-refractivity contribution < 1.29 is 34.4 Å². The summed E-state index contributed by atoms with van der Waals surface area (Å²) in [6, 6.07) is 0.808. The molecule has 6 atom stereocenters. The van der Waals surface area contributed by atoms with Crippen molar-refractivity contribution in [1.29, 1.82) is 0 Å². The van der Waals surface area contributed by atoms with Gasteiger partial charge in [0.05, 0.1) is 7.11 Å². The van der Waals surface area contributed by atoms with E-state index >= 15 is 0 Å². The van der Waals surface area contributed by atoms with Gasteiger partial charge in [0.2, 0.25) is 0 Å². The van der Waals surface area contributed by atoms with Gasteiger partial charge in [-0.2, -0.15) is 0 Å². The number of piperidine rings is 1. The third kappa shape index (κ3) is 3.49. The Morgan fingerprint density at radius 3 is 2.77 bits per heavy atom. The van der Waals surface area contributed by atoms with Crippen LogP contribution in [0.1, 0.15) is 56.1 Å². The maximum atomic E-state index is 12.0. The SMILES string of the molecule is COc1cc(O)c2c3c1C[C@@H]1[C@@H]4CC[C@H](N[C@@H](CCC(=O)O)C(=O)O)[C@H](O2)[C@]34CCN1CC1CC1. The summed E-state index contributed by atoms with van der Waals surface area (Å²) in [5, 5.41) is 33.1. The van der Waals surface area contributed by atoms with Crippen LogP contribution in [0, 0.1) is 11.8 Å². The molecular weight excluding hydrogens is 452 g/mol. The minimum Gasteiger partial charge on any atom is -0.504 e. The molecule has 1 aromatic carbocycles. The molecule has 0 aromatic heterocycles. The van der Waals surface area contributed by atoms with Crippen LogP contribution < -0.4 is 14.8 Å². The lowest BCUT2D eigenvalue weighted by Crippen LogP contribution is -2.69. The van der Waals surface area contributed by atoms with Gasteiger partial charge >= 0.3 is 11.9 Å². The molecule has 9 heteroatoms. The topological polar surface area (TPSA) is 129 Å². The van der Waals surface area contributed by atoms with E-state index in [0.29, 0.717) is 23.5 Å². The maximum absolute atomic E-state index is 12.0. The Bertz CT molecular complexity index is 1060. The van der Waals surface area contributed by atoms with Crippen molar-refractivity contribution >= 4 is 11.9 Å². The maximum Gasteiger partial charge on any atom is 0.320 e. The zero-order chi connectivity index (χ0) is 24.5. The number of carboxylic acids is 2. The second-order valence-corrected chi connectivity index (χ2v) is 11.1. The van der Waals surface area contributed by atoms with Gasteiger partial charge in [0, 0.05) is 47.7 Å². The number of phenols is 1. The molecule has 5 aliphatic rings. The van der Waals surface area contributed by atoms with Gasteiger partial charge in [-0.3, -0.25) is 19.8 Å². The number of benzene rings is 1. The van der Waals surface area contributed by atoms with Crippen LogP contribution in [-0.4, -0.2) is 76.6 Å². The number of aromatic hydroxyl groups is 1. The Morgan fingerprint density at radius 1 is 1.29 bits per heavy atom. The van der Waals surface area contributed by atoms with E-state index in [2.05, 4.69) is 10.2 Å². The van der Waals surface area contributed by atoms with Crippen molar-refractivity contribution in [3.05, 3.63) is 17.2 Å². The predicted molar refractivity (Wildman–Crippen MR) is 125 cm³/mol. The van der Waals surface area contributed by atoms with Crippen LogP contribution in [0.25, 0.3) is 0 Å². The summed E-state index contributed by atoms with van der Waals surface area (Å²) in [5.41, 5.74) is 1.87. The summed E-state index contributed by atoms with van der Waals surface area (Å²) in [6.07, 6.45) is 5.55. The van der Waals surface area contributed by atoms with Gasteiger partial charge in [-0.15, -0.1) is 0 Å². The number of rotatable bonds is 9. The van der Waals surface area contributed by atoms with Gasteiger partial charge in [-0.1, -0.05) is 0 Å². The summed E-state index contributed by atoms with van der Waals surface area (Å²) < 4.78 is 12.3. The highest BCUT2D eigenvalue weighted by molar-refractivity contribution is 5.75. The molecule has 1 aromatic rings. The Balaban J connectivity index is 1.39. The van der Waals surface area contributed by atoms with Gasteiger partial charge in [0.15, 0.2) is 11.5 Å². The molecule has 190 valence electrons. The van der Waals surface area contributed by atoms with Crippen molar-refractivity contribution in [1.82, 2.24) is 10.2 Å². The molecule has 2 heterocycles. The Kier molecular flexibility index (Phi) is 5.41. The number of likely N-dealkylation sites (tertiary alicyclic amines) is 1.